The van der Waals surface area contributed by atoms with Crippen molar-refractivity contribution in [3.8, 4) is 0 Å². The minimum absolute atomic E-state index is 0.0414. The molecule has 2 N–H and O–H groups in total. The molecular formula is C42H71NO3. The second-order valence-electron chi connectivity index (χ2n) is 18.8. The zero-order valence-corrected chi connectivity index (χ0v) is 31.1. The molecule has 0 radical (unpaired) electrons. The van der Waals surface area contributed by atoms with E-state index < -0.39 is 11.5 Å². The van der Waals surface area contributed by atoms with Crippen LogP contribution in [0.5, 0.6) is 0 Å². The summed E-state index contributed by atoms with van der Waals surface area (Å²) < 4.78 is 0. The van der Waals surface area contributed by atoms with E-state index in [1.165, 1.54) is 57.8 Å². The third kappa shape index (κ3) is 6.00. The van der Waals surface area contributed by atoms with Gasteiger partial charge in [-0.1, -0.05) is 118 Å². The Kier molecular flexibility index (Phi) is 10.7. The topological polar surface area (TPSA) is 66.4 Å². The molecule has 0 bridgehead atoms. The van der Waals surface area contributed by atoms with Gasteiger partial charge < -0.3 is 15.2 Å². The number of aldehydes is 1. The van der Waals surface area contributed by atoms with Crippen molar-refractivity contribution >= 4 is 12.2 Å². The van der Waals surface area contributed by atoms with E-state index in [4.69, 9.17) is 0 Å². The van der Waals surface area contributed by atoms with E-state index in [1.807, 2.05) is 6.92 Å². The molecule has 0 spiro atoms. The normalized spacial score (nSPS) is 42.9. The van der Waals surface area contributed by atoms with Crippen molar-refractivity contribution in [1.82, 2.24) is 5.32 Å². The molecular weight excluding hydrogens is 566 g/mol. The Labute approximate surface area is 283 Å². The first-order valence-corrected chi connectivity index (χ1v) is 19.9. The van der Waals surface area contributed by atoms with E-state index in [2.05, 4.69) is 52.9 Å². The van der Waals surface area contributed by atoms with Crippen LogP contribution in [0.25, 0.3) is 0 Å². The zero-order chi connectivity index (χ0) is 33.4. The fourth-order valence-electron chi connectivity index (χ4n) is 12.5. The highest BCUT2D eigenvalue weighted by Gasteiger charge is 2.69. The molecule has 0 aromatic heterocycles. The highest BCUT2D eigenvalue weighted by Crippen LogP contribution is 2.75. The maximum absolute atomic E-state index is 14.3. The lowest BCUT2D eigenvalue weighted by molar-refractivity contribution is -0.203. The molecule has 4 heteroatoms. The molecule has 46 heavy (non-hydrogen) atoms. The molecule has 9 atom stereocenters. The standard InChI is InChI=1S/C42H71NO3/c1-8-9-10-11-12-13-14-15-16-17-28-43-36(46)42-26-24-37(2,3)29-32(42)31-18-19-34-38(4)22-21-35(45)39(5,30-44)33(38)20-23-41(34,7)40(31,6)25-27-42/h18,30,32-35,45H,8-17,19-29H2,1-7H3,(H,43,46)/t32-,33?,34?,35-,38-,39-,40+,41+,42-/m0/s1. The first-order chi connectivity index (χ1) is 21.7. The predicted octanol–water partition coefficient (Wildman–Crippen LogP) is 10.4. The average Bonchev–Trinajstić information content (AvgIpc) is 3.01. The lowest BCUT2D eigenvalue weighted by Crippen LogP contribution is -2.66. The monoisotopic (exact) mass is 638 g/mol. The number of carbonyl (C=O) groups is 2. The van der Waals surface area contributed by atoms with E-state index >= 15 is 0 Å². The van der Waals surface area contributed by atoms with Crippen molar-refractivity contribution < 1.29 is 14.7 Å². The van der Waals surface area contributed by atoms with Crippen molar-refractivity contribution in [3.63, 3.8) is 0 Å². The molecule has 0 saturated heterocycles. The lowest BCUT2D eigenvalue weighted by atomic mass is 9.33. The fourth-order valence-corrected chi connectivity index (χ4v) is 12.5. The third-order valence-electron chi connectivity index (χ3n) is 15.9. The quantitative estimate of drug-likeness (QED) is 0.120. The number of rotatable bonds is 13. The molecule has 4 fully saturated rings. The van der Waals surface area contributed by atoms with Crippen molar-refractivity contribution in [2.45, 2.75) is 183 Å². The number of aliphatic hydroxyl groups is 1. The van der Waals surface area contributed by atoms with Gasteiger partial charge in [0.2, 0.25) is 5.91 Å². The first kappa shape index (κ1) is 36.1. The Morgan fingerprint density at radius 1 is 0.826 bits per heavy atom. The Balaban J connectivity index is 1.30. The number of allylic oxidation sites excluding steroid dienone is 2. The number of aliphatic hydroxyl groups excluding tert-OH is 1. The van der Waals surface area contributed by atoms with Crippen LogP contribution in [0.2, 0.25) is 0 Å². The van der Waals surface area contributed by atoms with Crippen LogP contribution >= 0.6 is 0 Å². The molecule has 0 aromatic rings. The Morgan fingerprint density at radius 3 is 2.11 bits per heavy atom. The van der Waals surface area contributed by atoms with Gasteiger partial charge in [0.15, 0.2) is 0 Å². The summed E-state index contributed by atoms with van der Waals surface area (Å²) in [6.07, 6.45) is 26.6. The summed E-state index contributed by atoms with van der Waals surface area (Å²) in [7, 11) is 0. The smallest absolute Gasteiger partial charge is 0.226 e. The van der Waals surface area contributed by atoms with Crippen LogP contribution in [0.15, 0.2) is 11.6 Å². The maximum atomic E-state index is 14.3. The van der Waals surface area contributed by atoms with Gasteiger partial charge in [0.05, 0.1) is 16.9 Å². The number of hydrogen-bond donors (Lipinski definition) is 2. The van der Waals surface area contributed by atoms with Gasteiger partial charge in [0.1, 0.15) is 6.29 Å². The molecule has 0 heterocycles. The van der Waals surface area contributed by atoms with E-state index in [1.54, 1.807) is 5.57 Å². The number of amides is 1. The molecule has 5 rings (SSSR count). The fraction of sp³-hybridized carbons (Fsp3) is 0.905. The third-order valence-corrected chi connectivity index (χ3v) is 15.9. The second-order valence-corrected chi connectivity index (χ2v) is 18.8. The number of carbonyl (C=O) groups excluding carboxylic acids is 2. The minimum Gasteiger partial charge on any atom is -0.392 e. The Bertz CT molecular complexity index is 1130. The minimum atomic E-state index is -0.652. The highest BCUT2D eigenvalue weighted by molar-refractivity contribution is 5.84. The molecule has 0 aromatic carbocycles. The van der Waals surface area contributed by atoms with Crippen molar-refractivity contribution in [2.24, 2.45) is 50.2 Å². The predicted molar refractivity (Wildman–Crippen MR) is 190 cm³/mol. The lowest BCUT2D eigenvalue weighted by Gasteiger charge is -2.71. The van der Waals surface area contributed by atoms with Crippen LogP contribution in [-0.4, -0.2) is 29.9 Å². The summed E-state index contributed by atoms with van der Waals surface area (Å²) in [6, 6.07) is 0. The zero-order valence-electron chi connectivity index (χ0n) is 31.1. The number of nitrogens with one attached hydrogen (secondary N) is 1. The van der Waals surface area contributed by atoms with Gasteiger partial charge in [-0.05, 0) is 110 Å². The van der Waals surface area contributed by atoms with Gasteiger partial charge in [-0.3, -0.25) is 4.79 Å². The van der Waals surface area contributed by atoms with E-state index in [0.29, 0.717) is 17.7 Å². The summed E-state index contributed by atoms with van der Waals surface area (Å²) in [4.78, 5) is 26.9. The van der Waals surface area contributed by atoms with Crippen molar-refractivity contribution in [3.05, 3.63) is 11.6 Å². The molecule has 2 unspecified atom stereocenters. The molecule has 262 valence electrons. The van der Waals surface area contributed by atoms with E-state index in [0.717, 1.165) is 83.5 Å². The summed E-state index contributed by atoms with van der Waals surface area (Å²) in [6.45, 7) is 17.6. The largest absolute Gasteiger partial charge is 0.392 e. The van der Waals surface area contributed by atoms with E-state index in [-0.39, 0.29) is 33.0 Å². The molecule has 0 aliphatic heterocycles. The second kappa shape index (κ2) is 13.6. The Morgan fingerprint density at radius 2 is 1.46 bits per heavy atom. The molecule has 5 aliphatic carbocycles. The SMILES string of the molecule is CCCCCCCCCCCCNC(=O)[C@]12CCC(C)(C)C[C@H]1C1=CCC3[C@@]4(C)CC[C@H](O)[C@@](C)(C=O)C4CC[C@@]3(C)[C@]1(C)CC2. The van der Waals surface area contributed by atoms with Gasteiger partial charge in [-0.25, -0.2) is 0 Å². The van der Waals surface area contributed by atoms with Gasteiger partial charge >= 0.3 is 0 Å². The Hall–Kier alpha value is -1.16. The van der Waals surface area contributed by atoms with Gasteiger partial charge in [0.25, 0.3) is 0 Å². The highest BCUT2D eigenvalue weighted by atomic mass is 16.3. The first-order valence-electron chi connectivity index (χ1n) is 19.9. The summed E-state index contributed by atoms with van der Waals surface area (Å²) >= 11 is 0. The van der Waals surface area contributed by atoms with Crippen LogP contribution < -0.4 is 5.32 Å². The number of hydrogen-bond acceptors (Lipinski definition) is 3. The van der Waals surface area contributed by atoms with Crippen LogP contribution in [0.3, 0.4) is 0 Å². The average molecular weight is 638 g/mol. The summed E-state index contributed by atoms with van der Waals surface area (Å²) in [5, 5.41) is 14.5. The number of unbranched alkanes of at least 4 members (excludes halogenated alkanes) is 9. The van der Waals surface area contributed by atoms with E-state index in [9.17, 15) is 14.7 Å². The van der Waals surface area contributed by atoms with Crippen molar-refractivity contribution in [2.75, 3.05) is 6.54 Å². The van der Waals surface area contributed by atoms with Gasteiger partial charge in [0, 0.05) is 6.54 Å². The van der Waals surface area contributed by atoms with Crippen molar-refractivity contribution in [1.29, 1.82) is 0 Å². The van der Waals surface area contributed by atoms with Crippen LogP contribution in [0.1, 0.15) is 177 Å². The van der Waals surface area contributed by atoms with Crippen LogP contribution in [-0.2, 0) is 9.59 Å². The van der Waals surface area contributed by atoms with Crippen LogP contribution in [0, 0.1) is 50.2 Å². The van der Waals surface area contributed by atoms with Gasteiger partial charge in [-0.15, -0.1) is 0 Å². The molecule has 5 aliphatic rings. The summed E-state index contributed by atoms with van der Waals surface area (Å²) in [5.41, 5.74) is 1.17. The van der Waals surface area contributed by atoms with Crippen LogP contribution in [0.4, 0.5) is 0 Å². The number of fused-ring (bicyclic) bond motifs is 7. The molecule has 1 amide bonds. The molecule has 4 nitrogen and oxygen atoms in total. The maximum Gasteiger partial charge on any atom is 0.226 e. The van der Waals surface area contributed by atoms with Gasteiger partial charge in [-0.2, -0.15) is 0 Å². The molecule has 4 saturated carbocycles. The summed E-state index contributed by atoms with van der Waals surface area (Å²) in [5.74, 6) is 1.39.